The van der Waals surface area contributed by atoms with Crippen LogP contribution in [0, 0.1) is 11.3 Å². The Labute approximate surface area is 92.7 Å². The molecule has 3 nitrogen and oxygen atoms in total. The zero-order chi connectivity index (χ0) is 10.9. The van der Waals surface area contributed by atoms with Crippen LogP contribution >= 0.6 is 0 Å². The molecule has 1 saturated heterocycles. The predicted octanol–water partition coefficient (Wildman–Crippen LogP) is 1.13. The van der Waals surface area contributed by atoms with Crippen molar-refractivity contribution in [1.29, 1.82) is 0 Å². The molecule has 0 aromatic heterocycles. The van der Waals surface area contributed by atoms with Crippen LogP contribution in [-0.2, 0) is 4.74 Å². The summed E-state index contributed by atoms with van der Waals surface area (Å²) in [6.07, 6.45) is 3.76. The monoisotopic (exact) mass is 212 g/mol. The number of nitrogens with two attached hydrogens (primary N) is 1. The van der Waals surface area contributed by atoms with E-state index in [2.05, 4.69) is 19.2 Å². The average Bonchev–Trinajstić information content (AvgIpc) is 2.84. The van der Waals surface area contributed by atoms with Gasteiger partial charge in [-0.3, -0.25) is 0 Å². The van der Waals surface area contributed by atoms with Gasteiger partial charge in [-0.25, -0.2) is 0 Å². The van der Waals surface area contributed by atoms with E-state index in [1.165, 1.54) is 12.8 Å². The van der Waals surface area contributed by atoms with Crippen LogP contribution in [0.25, 0.3) is 0 Å². The van der Waals surface area contributed by atoms with Crippen molar-refractivity contribution in [1.82, 2.24) is 5.32 Å². The predicted molar refractivity (Wildman–Crippen MR) is 61.7 cm³/mol. The van der Waals surface area contributed by atoms with E-state index in [1.54, 1.807) is 0 Å². The van der Waals surface area contributed by atoms with Crippen molar-refractivity contribution < 1.29 is 4.74 Å². The molecular formula is C12H24N2O. The minimum atomic E-state index is -0.104. The molecule has 1 aliphatic carbocycles. The van der Waals surface area contributed by atoms with Crippen LogP contribution in [-0.4, -0.2) is 31.8 Å². The van der Waals surface area contributed by atoms with Crippen LogP contribution in [0.1, 0.15) is 33.1 Å². The third-order valence-corrected chi connectivity index (χ3v) is 4.20. The molecule has 15 heavy (non-hydrogen) atoms. The molecule has 1 saturated carbocycles. The lowest BCUT2D eigenvalue weighted by atomic mass is 9.92. The number of ether oxygens (including phenoxy) is 1. The summed E-state index contributed by atoms with van der Waals surface area (Å²) in [7, 11) is 0. The van der Waals surface area contributed by atoms with E-state index in [0.29, 0.717) is 12.0 Å². The van der Waals surface area contributed by atoms with E-state index in [0.717, 1.165) is 32.0 Å². The fraction of sp³-hybridized carbons (Fsp3) is 1.00. The van der Waals surface area contributed by atoms with Gasteiger partial charge in [0.1, 0.15) is 0 Å². The zero-order valence-corrected chi connectivity index (χ0v) is 10.0. The molecular weight excluding hydrogens is 188 g/mol. The first kappa shape index (κ1) is 11.4. The van der Waals surface area contributed by atoms with Gasteiger partial charge in [0, 0.05) is 19.7 Å². The van der Waals surface area contributed by atoms with Gasteiger partial charge in [0.25, 0.3) is 0 Å². The Hall–Kier alpha value is -0.120. The summed E-state index contributed by atoms with van der Waals surface area (Å²) in [4.78, 5) is 0. The van der Waals surface area contributed by atoms with Gasteiger partial charge in [-0.15, -0.1) is 0 Å². The summed E-state index contributed by atoms with van der Waals surface area (Å²) in [6, 6.07) is 0. The molecule has 0 aromatic carbocycles. The summed E-state index contributed by atoms with van der Waals surface area (Å²) < 4.78 is 5.34. The molecule has 2 rings (SSSR count). The van der Waals surface area contributed by atoms with E-state index in [1.807, 2.05) is 0 Å². The van der Waals surface area contributed by atoms with Crippen LogP contribution in [0.3, 0.4) is 0 Å². The average molecular weight is 212 g/mol. The first-order valence-corrected chi connectivity index (χ1v) is 6.14. The molecule has 0 spiro atoms. The van der Waals surface area contributed by atoms with E-state index >= 15 is 0 Å². The normalized spacial score (nSPS) is 33.6. The highest BCUT2D eigenvalue weighted by Gasteiger charge is 2.45. The highest BCUT2D eigenvalue weighted by atomic mass is 16.5. The van der Waals surface area contributed by atoms with E-state index in [9.17, 15) is 0 Å². The Kier molecular flexibility index (Phi) is 3.06. The summed E-state index contributed by atoms with van der Waals surface area (Å²) in [5.41, 5.74) is 6.67. The van der Waals surface area contributed by atoms with Gasteiger partial charge in [-0.05, 0) is 30.6 Å². The second-order valence-corrected chi connectivity index (χ2v) is 5.79. The summed E-state index contributed by atoms with van der Waals surface area (Å²) in [5, 5.41) is 3.55. The minimum Gasteiger partial charge on any atom is -0.379 e. The molecule has 0 bridgehead atoms. The minimum absolute atomic E-state index is 0.104. The van der Waals surface area contributed by atoms with Crippen molar-refractivity contribution in [2.75, 3.05) is 26.3 Å². The maximum Gasteiger partial charge on any atom is 0.0659 e. The van der Waals surface area contributed by atoms with Gasteiger partial charge >= 0.3 is 0 Å². The summed E-state index contributed by atoms with van der Waals surface area (Å²) >= 11 is 0. The van der Waals surface area contributed by atoms with Crippen molar-refractivity contribution in [3.63, 3.8) is 0 Å². The quantitative estimate of drug-likeness (QED) is 0.718. The molecule has 2 fully saturated rings. The summed E-state index contributed by atoms with van der Waals surface area (Å²) in [5.74, 6) is 0.790. The van der Waals surface area contributed by atoms with Gasteiger partial charge in [-0.1, -0.05) is 13.8 Å². The molecule has 1 unspecified atom stereocenters. The van der Waals surface area contributed by atoms with Crippen molar-refractivity contribution in [2.45, 2.75) is 38.6 Å². The van der Waals surface area contributed by atoms with Crippen LogP contribution in [0.2, 0.25) is 0 Å². The number of hydrogen-bond donors (Lipinski definition) is 2. The molecule has 88 valence electrons. The van der Waals surface area contributed by atoms with Crippen molar-refractivity contribution in [2.24, 2.45) is 17.1 Å². The van der Waals surface area contributed by atoms with E-state index < -0.39 is 0 Å². The van der Waals surface area contributed by atoms with Crippen molar-refractivity contribution in [3.8, 4) is 0 Å². The largest absolute Gasteiger partial charge is 0.379 e. The zero-order valence-electron chi connectivity index (χ0n) is 10.0. The van der Waals surface area contributed by atoms with Crippen molar-refractivity contribution >= 4 is 0 Å². The summed E-state index contributed by atoms with van der Waals surface area (Å²) in [6.45, 7) is 8.23. The van der Waals surface area contributed by atoms with E-state index in [4.69, 9.17) is 10.5 Å². The Morgan fingerprint density at radius 3 is 2.47 bits per heavy atom. The highest BCUT2D eigenvalue weighted by molar-refractivity contribution is 4.98. The standard InChI is InChI=1S/C12H24N2O/c1-10(2)11(3-4-11)7-14-8-12(13)5-6-15-9-12/h10,14H,3-9,13H2,1-2H3. The number of rotatable bonds is 5. The van der Waals surface area contributed by atoms with Gasteiger partial charge < -0.3 is 15.8 Å². The Bertz CT molecular complexity index is 216. The fourth-order valence-electron chi connectivity index (χ4n) is 2.44. The maximum atomic E-state index is 6.20. The topological polar surface area (TPSA) is 47.3 Å². The Morgan fingerprint density at radius 1 is 1.27 bits per heavy atom. The maximum absolute atomic E-state index is 6.20. The molecule has 3 heteroatoms. The number of hydrogen-bond acceptors (Lipinski definition) is 3. The third kappa shape index (κ3) is 2.52. The van der Waals surface area contributed by atoms with Gasteiger partial charge in [0.05, 0.1) is 12.1 Å². The van der Waals surface area contributed by atoms with Crippen molar-refractivity contribution in [3.05, 3.63) is 0 Å². The SMILES string of the molecule is CC(C)C1(CNCC2(N)CCOC2)CC1. The van der Waals surface area contributed by atoms with Crippen LogP contribution in [0.4, 0.5) is 0 Å². The number of nitrogens with one attached hydrogen (secondary N) is 1. The Balaban J connectivity index is 1.71. The van der Waals surface area contributed by atoms with Gasteiger partial charge in [0.15, 0.2) is 0 Å². The van der Waals surface area contributed by atoms with Crippen LogP contribution < -0.4 is 11.1 Å². The molecule has 1 aliphatic heterocycles. The Morgan fingerprint density at radius 2 is 2.00 bits per heavy atom. The van der Waals surface area contributed by atoms with E-state index in [-0.39, 0.29) is 5.54 Å². The van der Waals surface area contributed by atoms with Crippen LogP contribution in [0.5, 0.6) is 0 Å². The lowest BCUT2D eigenvalue weighted by Gasteiger charge is -2.26. The first-order valence-electron chi connectivity index (χ1n) is 6.14. The van der Waals surface area contributed by atoms with Gasteiger partial charge in [-0.2, -0.15) is 0 Å². The second-order valence-electron chi connectivity index (χ2n) is 5.79. The lowest BCUT2D eigenvalue weighted by molar-refractivity contribution is 0.176. The molecule has 2 aliphatic rings. The molecule has 1 atom stereocenters. The highest BCUT2D eigenvalue weighted by Crippen LogP contribution is 2.51. The second kappa shape index (κ2) is 4.04. The van der Waals surface area contributed by atoms with Crippen LogP contribution in [0.15, 0.2) is 0 Å². The third-order valence-electron chi connectivity index (χ3n) is 4.20. The lowest BCUT2D eigenvalue weighted by Crippen LogP contribution is -2.50. The molecule has 0 radical (unpaired) electrons. The first-order chi connectivity index (χ1) is 7.06. The molecule has 0 aromatic rings. The smallest absolute Gasteiger partial charge is 0.0659 e. The molecule has 0 amide bonds. The molecule has 1 heterocycles. The molecule has 3 N–H and O–H groups in total. The fourth-order valence-corrected chi connectivity index (χ4v) is 2.44. The van der Waals surface area contributed by atoms with Gasteiger partial charge in [0.2, 0.25) is 0 Å².